The highest BCUT2D eigenvalue weighted by Gasteiger charge is 2.03. The van der Waals surface area contributed by atoms with E-state index in [4.69, 9.17) is 0 Å². The van der Waals surface area contributed by atoms with Crippen LogP contribution in [0.15, 0.2) is 59.1 Å². The van der Waals surface area contributed by atoms with Crippen LogP contribution in [0.1, 0.15) is 11.1 Å². The monoisotopic (exact) mass is 363 g/mol. The van der Waals surface area contributed by atoms with Crippen LogP contribution in [0.3, 0.4) is 0 Å². The summed E-state index contributed by atoms with van der Waals surface area (Å²) in [6.45, 7) is 0.693. The summed E-state index contributed by atoms with van der Waals surface area (Å²) in [5.41, 5.74) is 2.47. The lowest BCUT2D eigenvalue weighted by Gasteiger charge is -2.06. The summed E-state index contributed by atoms with van der Waals surface area (Å²) in [6, 6.07) is 18.3. The Labute approximate surface area is 138 Å². The molecule has 0 saturated heterocycles. The van der Waals surface area contributed by atoms with Gasteiger partial charge in [0.1, 0.15) is 0 Å². The van der Waals surface area contributed by atoms with E-state index in [0.29, 0.717) is 12.3 Å². The third-order valence-electron chi connectivity index (χ3n) is 3.03. The van der Waals surface area contributed by atoms with Crippen molar-refractivity contribution in [3.05, 3.63) is 70.2 Å². The molecule has 0 aliphatic carbocycles. The molecule has 0 saturated carbocycles. The predicted octanol–water partition coefficient (Wildman–Crippen LogP) is 4.04. The van der Waals surface area contributed by atoms with Gasteiger partial charge in [0.25, 0.3) is 0 Å². The molecule has 1 N–H and O–H groups in total. The smallest absolute Gasteiger partial charge is 0.230 e. The molecule has 0 spiro atoms. The number of hydrogen-bond donors (Lipinski definition) is 1. The molecule has 0 fully saturated rings. The van der Waals surface area contributed by atoms with Crippen LogP contribution in [0.25, 0.3) is 0 Å². The molecule has 0 aliphatic rings. The number of nitrogens with one attached hydrogen (secondary N) is 1. The Bertz CT molecular complexity index is 574. The molecule has 0 aromatic heterocycles. The number of hydrogen-bond acceptors (Lipinski definition) is 2. The van der Waals surface area contributed by atoms with Crippen molar-refractivity contribution in [1.29, 1.82) is 0 Å². The van der Waals surface area contributed by atoms with Gasteiger partial charge in [-0.3, -0.25) is 4.79 Å². The van der Waals surface area contributed by atoms with Crippen LogP contribution in [0.5, 0.6) is 0 Å². The first kappa shape index (κ1) is 16.1. The molecule has 4 heteroatoms. The van der Waals surface area contributed by atoms with Gasteiger partial charge in [0.2, 0.25) is 5.91 Å². The van der Waals surface area contributed by atoms with Crippen molar-refractivity contribution >= 4 is 33.6 Å². The average Bonchev–Trinajstić information content (AvgIpc) is 2.50. The number of benzene rings is 2. The van der Waals surface area contributed by atoms with Gasteiger partial charge in [-0.1, -0.05) is 64.5 Å². The van der Waals surface area contributed by atoms with Crippen molar-refractivity contribution < 1.29 is 4.79 Å². The topological polar surface area (TPSA) is 29.1 Å². The highest BCUT2D eigenvalue weighted by atomic mass is 79.9. The summed E-state index contributed by atoms with van der Waals surface area (Å²) in [6.07, 6.45) is 0.876. The maximum Gasteiger partial charge on any atom is 0.230 e. The molecular formula is C17H18BrNOS. The summed E-state index contributed by atoms with van der Waals surface area (Å²) in [4.78, 5) is 11.8. The molecule has 0 aliphatic heterocycles. The normalized spacial score (nSPS) is 10.3. The molecule has 2 aromatic rings. The van der Waals surface area contributed by atoms with Gasteiger partial charge in [0.05, 0.1) is 5.75 Å². The van der Waals surface area contributed by atoms with Gasteiger partial charge >= 0.3 is 0 Å². The second-order valence-electron chi connectivity index (χ2n) is 4.67. The predicted molar refractivity (Wildman–Crippen MR) is 93.5 cm³/mol. The third kappa shape index (κ3) is 5.94. The van der Waals surface area contributed by atoms with Crippen LogP contribution < -0.4 is 5.32 Å². The molecule has 2 rings (SSSR count). The molecule has 0 unspecified atom stereocenters. The Balaban J connectivity index is 1.63. The molecule has 1 amide bonds. The minimum Gasteiger partial charge on any atom is -0.355 e. The van der Waals surface area contributed by atoms with E-state index < -0.39 is 0 Å². The van der Waals surface area contributed by atoms with E-state index in [1.165, 1.54) is 11.1 Å². The number of thioether (sulfide) groups is 1. The van der Waals surface area contributed by atoms with Gasteiger partial charge in [0, 0.05) is 16.8 Å². The third-order valence-corrected chi connectivity index (χ3v) is 4.78. The fourth-order valence-corrected chi connectivity index (χ4v) is 3.38. The summed E-state index contributed by atoms with van der Waals surface area (Å²) in [5, 5.41) is 2.96. The first-order chi connectivity index (χ1) is 10.3. The minimum atomic E-state index is 0.1000. The molecule has 0 radical (unpaired) electrons. The van der Waals surface area contributed by atoms with E-state index in [1.807, 2.05) is 36.4 Å². The van der Waals surface area contributed by atoms with Crippen molar-refractivity contribution in [3.8, 4) is 0 Å². The fourth-order valence-electron chi connectivity index (χ4n) is 1.91. The fraction of sp³-hybridized carbons (Fsp3) is 0.235. The summed E-state index contributed by atoms with van der Waals surface area (Å²) in [7, 11) is 0. The Morgan fingerprint density at radius 2 is 1.76 bits per heavy atom. The van der Waals surface area contributed by atoms with E-state index in [9.17, 15) is 4.79 Å². The lowest BCUT2D eigenvalue weighted by atomic mass is 10.1. The number of carbonyl (C=O) groups is 1. The number of rotatable bonds is 7. The number of halogens is 1. The molecule has 0 atom stereocenters. The van der Waals surface area contributed by atoms with Crippen LogP contribution in [0.2, 0.25) is 0 Å². The minimum absolute atomic E-state index is 0.1000. The molecule has 110 valence electrons. The zero-order chi connectivity index (χ0) is 14.9. The van der Waals surface area contributed by atoms with E-state index in [0.717, 1.165) is 16.6 Å². The SMILES string of the molecule is O=C(CSCc1ccccc1Br)NCCc1ccccc1. The second-order valence-corrected chi connectivity index (χ2v) is 6.51. The first-order valence-electron chi connectivity index (χ1n) is 6.87. The van der Waals surface area contributed by atoms with Crippen LogP contribution in [0.4, 0.5) is 0 Å². The lowest BCUT2D eigenvalue weighted by molar-refractivity contribution is -0.118. The Hall–Kier alpha value is -1.26. The van der Waals surface area contributed by atoms with Gasteiger partial charge in [0.15, 0.2) is 0 Å². The van der Waals surface area contributed by atoms with Crippen molar-refractivity contribution in [2.75, 3.05) is 12.3 Å². The maximum atomic E-state index is 11.8. The van der Waals surface area contributed by atoms with E-state index in [1.54, 1.807) is 11.8 Å². The highest BCUT2D eigenvalue weighted by molar-refractivity contribution is 9.10. The van der Waals surface area contributed by atoms with E-state index in [-0.39, 0.29) is 5.91 Å². The van der Waals surface area contributed by atoms with Crippen molar-refractivity contribution in [3.63, 3.8) is 0 Å². The Kier molecular flexibility index (Phi) is 6.83. The van der Waals surface area contributed by atoms with E-state index >= 15 is 0 Å². The van der Waals surface area contributed by atoms with Gasteiger partial charge in [-0.15, -0.1) is 11.8 Å². The van der Waals surface area contributed by atoms with Crippen LogP contribution in [0, 0.1) is 0 Å². The number of carbonyl (C=O) groups excluding carboxylic acids is 1. The number of amides is 1. The van der Waals surface area contributed by atoms with Crippen molar-refractivity contribution in [1.82, 2.24) is 5.32 Å². The average molecular weight is 364 g/mol. The van der Waals surface area contributed by atoms with Gasteiger partial charge < -0.3 is 5.32 Å². The zero-order valence-electron chi connectivity index (χ0n) is 11.7. The van der Waals surface area contributed by atoms with Crippen LogP contribution in [-0.4, -0.2) is 18.2 Å². The quantitative estimate of drug-likeness (QED) is 0.803. The summed E-state index contributed by atoms with van der Waals surface area (Å²) < 4.78 is 1.10. The summed E-state index contributed by atoms with van der Waals surface area (Å²) in [5.74, 6) is 1.44. The molecule has 2 nitrogen and oxygen atoms in total. The van der Waals surface area contributed by atoms with Crippen molar-refractivity contribution in [2.24, 2.45) is 0 Å². The van der Waals surface area contributed by atoms with Gasteiger partial charge in [-0.25, -0.2) is 0 Å². The Morgan fingerprint density at radius 3 is 2.52 bits per heavy atom. The molecular weight excluding hydrogens is 346 g/mol. The van der Waals surface area contributed by atoms with Crippen LogP contribution in [-0.2, 0) is 17.0 Å². The first-order valence-corrected chi connectivity index (χ1v) is 8.82. The molecule has 0 bridgehead atoms. The lowest BCUT2D eigenvalue weighted by Crippen LogP contribution is -2.27. The van der Waals surface area contributed by atoms with Crippen LogP contribution >= 0.6 is 27.7 Å². The zero-order valence-corrected chi connectivity index (χ0v) is 14.1. The standard InChI is InChI=1S/C17H18BrNOS/c18-16-9-5-4-8-15(16)12-21-13-17(20)19-11-10-14-6-2-1-3-7-14/h1-9H,10-13H2,(H,19,20). The van der Waals surface area contributed by atoms with E-state index in [2.05, 4.69) is 39.4 Å². The van der Waals surface area contributed by atoms with Gasteiger partial charge in [-0.2, -0.15) is 0 Å². The Morgan fingerprint density at radius 1 is 1.05 bits per heavy atom. The van der Waals surface area contributed by atoms with Crippen molar-refractivity contribution in [2.45, 2.75) is 12.2 Å². The highest BCUT2D eigenvalue weighted by Crippen LogP contribution is 2.20. The maximum absolute atomic E-state index is 11.8. The van der Waals surface area contributed by atoms with Gasteiger partial charge in [-0.05, 0) is 23.6 Å². The second kappa shape index (κ2) is 8.90. The molecule has 2 aromatic carbocycles. The molecule has 21 heavy (non-hydrogen) atoms. The molecule has 0 heterocycles. The summed E-state index contributed by atoms with van der Waals surface area (Å²) >= 11 is 5.15. The largest absolute Gasteiger partial charge is 0.355 e.